The summed E-state index contributed by atoms with van der Waals surface area (Å²) in [6.07, 6.45) is 2.20. The first-order valence-electron chi connectivity index (χ1n) is 8.38. The lowest BCUT2D eigenvalue weighted by atomic mass is 10.1. The molecule has 1 aliphatic heterocycles. The molecule has 1 aliphatic rings. The van der Waals surface area contributed by atoms with Crippen molar-refractivity contribution >= 4 is 30.1 Å². The molecule has 1 amide bonds. The van der Waals surface area contributed by atoms with Gasteiger partial charge in [-0.2, -0.15) is 4.98 Å². The van der Waals surface area contributed by atoms with Gasteiger partial charge in [-0.15, -0.1) is 0 Å². The van der Waals surface area contributed by atoms with E-state index < -0.39 is 5.91 Å². The molecular formula is C18H22N6O2. The van der Waals surface area contributed by atoms with Crippen molar-refractivity contribution in [2.24, 2.45) is 10.7 Å². The molecule has 26 heavy (non-hydrogen) atoms. The third-order valence-electron chi connectivity index (χ3n) is 4.19. The Bertz CT molecular complexity index is 793. The fraction of sp³-hybridized carbons (Fsp3) is 0.333. The van der Waals surface area contributed by atoms with Gasteiger partial charge in [-0.25, -0.2) is 9.98 Å². The third kappa shape index (κ3) is 4.22. The minimum atomic E-state index is -0.492. The van der Waals surface area contributed by atoms with E-state index >= 15 is 0 Å². The van der Waals surface area contributed by atoms with Gasteiger partial charge in [0.1, 0.15) is 11.4 Å². The number of nitrogens with zero attached hydrogens (tertiary/aromatic N) is 3. The molecule has 1 fully saturated rings. The summed E-state index contributed by atoms with van der Waals surface area (Å²) < 4.78 is 5.34. The van der Waals surface area contributed by atoms with E-state index in [1.54, 1.807) is 0 Å². The van der Waals surface area contributed by atoms with Crippen molar-refractivity contribution in [3.63, 3.8) is 0 Å². The highest BCUT2D eigenvalue weighted by atomic mass is 16.5. The zero-order valence-corrected chi connectivity index (χ0v) is 14.6. The van der Waals surface area contributed by atoms with E-state index in [1.807, 2.05) is 31.2 Å². The highest BCUT2D eigenvalue weighted by molar-refractivity contribution is 6.01. The van der Waals surface area contributed by atoms with Gasteiger partial charge in [-0.3, -0.25) is 4.79 Å². The van der Waals surface area contributed by atoms with E-state index in [2.05, 4.69) is 32.3 Å². The van der Waals surface area contributed by atoms with Gasteiger partial charge in [0.25, 0.3) is 5.91 Å². The number of ether oxygens (including phenoxy) is 1. The molecule has 8 nitrogen and oxygen atoms in total. The first-order valence-corrected chi connectivity index (χ1v) is 8.38. The van der Waals surface area contributed by atoms with E-state index in [0.29, 0.717) is 25.0 Å². The normalized spacial score (nSPS) is 19.6. The number of hydrogen-bond acceptors (Lipinski definition) is 7. The zero-order chi connectivity index (χ0) is 18.5. The van der Waals surface area contributed by atoms with Gasteiger partial charge in [0, 0.05) is 30.6 Å². The lowest BCUT2D eigenvalue weighted by Crippen LogP contribution is -2.47. The minimum Gasteiger partial charge on any atom is -0.380 e. The van der Waals surface area contributed by atoms with Crippen LogP contribution in [0.1, 0.15) is 22.3 Å². The molecule has 4 N–H and O–H groups in total. The van der Waals surface area contributed by atoms with Crippen molar-refractivity contribution in [3.05, 3.63) is 41.6 Å². The van der Waals surface area contributed by atoms with Crippen molar-refractivity contribution in [1.82, 2.24) is 9.97 Å². The summed E-state index contributed by atoms with van der Waals surface area (Å²) in [4.78, 5) is 24.2. The van der Waals surface area contributed by atoms with Crippen molar-refractivity contribution in [2.45, 2.75) is 25.4 Å². The first-order chi connectivity index (χ1) is 12.6. The number of nitrogens with one attached hydrogen (secondary N) is 2. The van der Waals surface area contributed by atoms with Gasteiger partial charge < -0.3 is 21.1 Å². The van der Waals surface area contributed by atoms with Crippen LogP contribution in [0.4, 0.5) is 17.5 Å². The fourth-order valence-electron chi connectivity index (χ4n) is 2.67. The van der Waals surface area contributed by atoms with Gasteiger partial charge in [-0.05, 0) is 32.2 Å². The van der Waals surface area contributed by atoms with Gasteiger partial charge >= 0.3 is 0 Å². The molecule has 2 atom stereocenters. The average molecular weight is 354 g/mol. The van der Waals surface area contributed by atoms with Crippen LogP contribution in [0.15, 0.2) is 35.5 Å². The Morgan fingerprint density at radius 1 is 1.38 bits per heavy atom. The Hall–Kier alpha value is -2.84. The Morgan fingerprint density at radius 2 is 2.15 bits per heavy atom. The second-order valence-electron chi connectivity index (χ2n) is 6.19. The lowest BCUT2D eigenvalue weighted by molar-refractivity contribution is 0.0751. The molecule has 0 bridgehead atoms. The summed E-state index contributed by atoms with van der Waals surface area (Å²) >= 11 is 0. The molecule has 1 saturated heterocycles. The predicted molar refractivity (Wildman–Crippen MR) is 101 cm³/mol. The summed E-state index contributed by atoms with van der Waals surface area (Å²) in [5, 5.41) is 6.37. The van der Waals surface area contributed by atoms with Crippen LogP contribution in [0, 0.1) is 6.92 Å². The number of anilines is 3. The van der Waals surface area contributed by atoms with Gasteiger partial charge in [0.05, 0.1) is 6.61 Å². The minimum absolute atomic E-state index is 0.00931. The maximum atomic E-state index is 12.0. The highest BCUT2D eigenvalue weighted by Crippen LogP contribution is 2.22. The number of benzene rings is 1. The highest BCUT2D eigenvalue weighted by Gasteiger charge is 2.23. The van der Waals surface area contributed by atoms with E-state index in [0.717, 1.165) is 17.7 Å². The van der Waals surface area contributed by atoms with Crippen LogP contribution >= 0.6 is 0 Å². The van der Waals surface area contributed by atoms with Gasteiger partial charge in [0.15, 0.2) is 0 Å². The molecular weight excluding hydrogens is 332 g/mol. The van der Waals surface area contributed by atoms with Gasteiger partial charge in [0.2, 0.25) is 5.95 Å². The summed E-state index contributed by atoms with van der Waals surface area (Å²) in [7, 11) is 0. The Labute approximate surface area is 151 Å². The maximum absolute atomic E-state index is 12.0. The summed E-state index contributed by atoms with van der Waals surface area (Å²) in [5.41, 5.74) is 8.26. The molecule has 0 saturated carbocycles. The number of hydrogen-bond donors (Lipinski definition) is 3. The number of amides is 1. The van der Waals surface area contributed by atoms with Crippen molar-refractivity contribution in [1.29, 1.82) is 0 Å². The summed E-state index contributed by atoms with van der Waals surface area (Å²) in [5.74, 6) is 0.265. The Morgan fingerprint density at radius 3 is 2.85 bits per heavy atom. The molecule has 8 heteroatoms. The van der Waals surface area contributed by atoms with Crippen LogP contribution in [0.3, 0.4) is 0 Å². The van der Waals surface area contributed by atoms with Crippen LogP contribution in [-0.2, 0) is 4.74 Å². The Kier molecular flexibility index (Phi) is 5.55. The molecule has 3 rings (SSSR count). The van der Waals surface area contributed by atoms with E-state index in [1.165, 1.54) is 6.20 Å². The van der Waals surface area contributed by atoms with Crippen molar-refractivity contribution in [3.8, 4) is 0 Å². The van der Waals surface area contributed by atoms with Gasteiger partial charge in [-0.1, -0.05) is 17.7 Å². The number of nitrogens with two attached hydrogens (primary N) is 1. The zero-order valence-electron chi connectivity index (χ0n) is 14.6. The average Bonchev–Trinajstić information content (AvgIpc) is 2.65. The molecule has 0 aliphatic carbocycles. The number of aromatic nitrogens is 2. The molecule has 2 aromatic rings. The van der Waals surface area contributed by atoms with E-state index in [-0.39, 0.29) is 17.6 Å². The topological polar surface area (TPSA) is 115 Å². The van der Waals surface area contributed by atoms with Crippen LogP contribution < -0.4 is 16.4 Å². The smallest absolute Gasteiger partial charge is 0.281 e. The van der Waals surface area contributed by atoms with E-state index in [4.69, 9.17) is 10.5 Å². The number of carbonyl (C=O) groups is 1. The van der Waals surface area contributed by atoms with Crippen molar-refractivity contribution < 1.29 is 9.53 Å². The second-order valence-corrected chi connectivity index (χ2v) is 6.19. The Balaban J connectivity index is 1.86. The predicted octanol–water partition coefficient (Wildman–Crippen LogP) is 1.90. The standard InChI is InChI=1S/C18H22N6O2/c1-11-3-5-12(6-4-11)22-16-13(17(25)20-2)9-21-18(24-16)23-15-7-8-26-10-14(15)19/h3-6,9,14-15H,2,7-8,10,19H2,1H3,(H2,21,22,23,24)/t14-,15+/m0/s1. The number of carbonyl (C=O) groups excluding carboxylic acids is 1. The molecule has 1 aromatic carbocycles. The molecule has 0 spiro atoms. The molecule has 0 radical (unpaired) electrons. The molecule has 1 aromatic heterocycles. The SMILES string of the molecule is C=NC(=O)c1cnc(N[C@@H]2CCOC[C@@H]2N)nc1Nc1ccc(C)cc1. The number of aliphatic imine (C=N–C) groups is 1. The molecule has 0 unspecified atom stereocenters. The quantitative estimate of drug-likeness (QED) is 0.703. The second kappa shape index (κ2) is 8.03. The fourth-order valence-corrected chi connectivity index (χ4v) is 2.67. The largest absolute Gasteiger partial charge is 0.380 e. The third-order valence-corrected chi connectivity index (χ3v) is 4.19. The summed E-state index contributed by atoms with van der Waals surface area (Å²) in [6.45, 7) is 6.42. The lowest BCUT2D eigenvalue weighted by Gasteiger charge is -2.29. The van der Waals surface area contributed by atoms with E-state index in [9.17, 15) is 4.79 Å². The van der Waals surface area contributed by atoms with Crippen LogP contribution in [0.2, 0.25) is 0 Å². The van der Waals surface area contributed by atoms with Crippen LogP contribution in [-0.4, -0.2) is 47.9 Å². The summed E-state index contributed by atoms with van der Waals surface area (Å²) in [6, 6.07) is 7.63. The first kappa shape index (κ1) is 18.0. The van der Waals surface area contributed by atoms with Crippen LogP contribution in [0.5, 0.6) is 0 Å². The molecule has 136 valence electrons. The van der Waals surface area contributed by atoms with Crippen LogP contribution in [0.25, 0.3) is 0 Å². The number of rotatable bonds is 5. The number of aryl methyl sites for hydroxylation is 1. The molecule has 2 heterocycles. The van der Waals surface area contributed by atoms with Crippen molar-refractivity contribution in [2.75, 3.05) is 23.8 Å². The monoisotopic (exact) mass is 354 g/mol. The maximum Gasteiger partial charge on any atom is 0.281 e.